The van der Waals surface area contributed by atoms with Gasteiger partial charge in [0.25, 0.3) is 0 Å². The van der Waals surface area contributed by atoms with E-state index < -0.39 is 6.04 Å². The van der Waals surface area contributed by atoms with E-state index in [-0.39, 0.29) is 11.5 Å². The molecule has 202 valence electrons. The summed E-state index contributed by atoms with van der Waals surface area (Å²) >= 11 is 0. The molecule has 2 aliphatic rings. The van der Waals surface area contributed by atoms with Crippen molar-refractivity contribution >= 4 is 34.6 Å². The van der Waals surface area contributed by atoms with Gasteiger partial charge < -0.3 is 20.4 Å². The van der Waals surface area contributed by atoms with Gasteiger partial charge in [0.1, 0.15) is 0 Å². The van der Waals surface area contributed by atoms with E-state index in [1.807, 2.05) is 61.5 Å². The summed E-state index contributed by atoms with van der Waals surface area (Å²) in [6, 6.07) is 24.2. The molecule has 9 nitrogen and oxygen atoms in total. The van der Waals surface area contributed by atoms with Gasteiger partial charge in [0.15, 0.2) is 34.8 Å². The maximum atomic E-state index is 10.6. The Morgan fingerprint density at radius 2 is 1.63 bits per heavy atom. The Kier molecular flexibility index (Phi) is 5.60. The summed E-state index contributed by atoms with van der Waals surface area (Å²) in [6.07, 6.45) is 1.72. The molecule has 1 atom stereocenters. The smallest absolute Gasteiger partial charge is 0.179 e. The van der Waals surface area contributed by atoms with Crippen LogP contribution in [0.5, 0.6) is 11.5 Å². The number of hydrogen-bond acceptors (Lipinski definition) is 8. The molecule has 5 aromatic rings. The Balaban J connectivity index is 1.50. The highest BCUT2D eigenvalue weighted by Gasteiger charge is 2.41. The number of rotatable bonds is 3. The second kappa shape index (κ2) is 9.34. The first kappa shape index (κ1) is 24.6. The Morgan fingerprint density at radius 1 is 0.805 bits per heavy atom. The minimum atomic E-state index is -0.435. The van der Waals surface area contributed by atoms with E-state index in [2.05, 4.69) is 41.2 Å². The Labute approximate surface area is 236 Å². The summed E-state index contributed by atoms with van der Waals surface area (Å²) in [7, 11) is 0. The van der Waals surface area contributed by atoms with Crippen LogP contribution in [0, 0.1) is 20.8 Å². The van der Waals surface area contributed by atoms with Gasteiger partial charge in [-0.25, -0.2) is 15.0 Å². The molecule has 0 fully saturated rings. The quantitative estimate of drug-likeness (QED) is 0.228. The average Bonchev–Trinajstić information content (AvgIpc) is 3.32. The van der Waals surface area contributed by atoms with Crippen LogP contribution in [0.4, 0.5) is 22.9 Å². The van der Waals surface area contributed by atoms with Crippen LogP contribution in [-0.2, 0) is 0 Å². The summed E-state index contributed by atoms with van der Waals surface area (Å²) in [5.74, 6) is 2.06. The van der Waals surface area contributed by atoms with Crippen LogP contribution in [0.1, 0.15) is 34.0 Å². The number of phenols is 2. The van der Waals surface area contributed by atoms with Gasteiger partial charge in [0.05, 0.1) is 23.1 Å². The van der Waals surface area contributed by atoms with E-state index in [1.165, 1.54) is 11.6 Å². The number of pyridine rings is 1. The zero-order chi connectivity index (χ0) is 28.2. The summed E-state index contributed by atoms with van der Waals surface area (Å²) in [6.45, 7) is 6.11. The molecule has 1 unspecified atom stereocenters. The first-order valence-corrected chi connectivity index (χ1v) is 13.3. The summed E-state index contributed by atoms with van der Waals surface area (Å²) < 4.78 is 1.75. The molecular weight excluding hydrogens is 514 g/mol. The molecule has 4 heterocycles. The largest absolute Gasteiger partial charge is 0.504 e. The van der Waals surface area contributed by atoms with Crippen LogP contribution < -0.4 is 10.2 Å². The number of para-hydroxylation sites is 2. The van der Waals surface area contributed by atoms with E-state index in [4.69, 9.17) is 15.1 Å². The first-order chi connectivity index (χ1) is 19.9. The molecule has 0 spiro atoms. The minimum absolute atomic E-state index is 0.183. The zero-order valence-electron chi connectivity index (χ0n) is 22.7. The van der Waals surface area contributed by atoms with E-state index in [0.29, 0.717) is 23.3 Å². The Bertz CT molecular complexity index is 1890. The highest BCUT2D eigenvalue weighted by molar-refractivity contribution is 6.51. The Morgan fingerprint density at radius 3 is 2.41 bits per heavy atom. The van der Waals surface area contributed by atoms with Gasteiger partial charge in [-0.05, 0) is 86.0 Å². The number of nitrogens with one attached hydrogen (secondary N) is 1. The SMILES string of the molecule is Cc1ccc(NC2=Nc3ccccc3N3C2=Nc2c(c(C)nn2-c2ccccn2)C3c2ccc(O)c(O)c2)cc1C. The van der Waals surface area contributed by atoms with Gasteiger partial charge in [0, 0.05) is 17.4 Å². The van der Waals surface area contributed by atoms with Crippen molar-refractivity contribution in [2.45, 2.75) is 26.8 Å². The maximum Gasteiger partial charge on any atom is 0.179 e. The number of aliphatic imine (C=N–C) groups is 2. The minimum Gasteiger partial charge on any atom is -0.504 e. The third kappa shape index (κ3) is 4.01. The van der Waals surface area contributed by atoms with Crippen molar-refractivity contribution in [3.63, 3.8) is 0 Å². The van der Waals surface area contributed by atoms with E-state index in [9.17, 15) is 10.2 Å². The van der Waals surface area contributed by atoms with Gasteiger partial charge in [-0.15, -0.1) is 0 Å². The predicted octanol–water partition coefficient (Wildman–Crippen LogP) is 6.40. The predicted molar refractivity (Wildman–Crippen MR) is 160 cm³/mol. The first-order valence-electron chi connectivity index (χ1n) is 13.3. The van der Waals surface area contributed by atoms with Crippen molar-refractivity contribution in [1.82, 2.24) is 14.8 Å². The fraction of sp³-hybridized carbons (Fsp3) is 0.125. The van der Waals surface area contributed by atoms with Gasteiger partial charge in [-0.2, -0.15) is 9.78 Å². The number of fused-ring (bicyclic) bond motifs is 4. The number of anilines is 2. The number of phenolic OH excluding ortho intramolecular Hbond substituents is 2. The zero-order valence-corrected chi connectivity index (χ0v) is 22.7. The molecule has 3 aromatic carbocycles. The lowest BCUT2D eigenvalue weighted by molar-refractivity contribution is 0.403. The van der Waals surface area contributed by atoms with Crippen LogP contribution in [0.15, 0.2) is 95.0 Å². The van der Waals surface area contributed by atoms with Crippen molar-refractivity contribution in [2.75, 3.05) is 10.2 Å². The number of aromatic nitrogens is 3. The maximum absolute atomic E-state index is 10.6. The fourth-order valence-electron chi connectivity index (χ4n) is 5.42. The van der Waals surface area contributed by atoms with Crippen molar-refractivity contribution < 1.29 is 10.2 Å². The number of hydrogen-bond donors (Lipinski definition) is 3. The molecule has 0 radical (unpaired) electrons. The topological polar surface area (TPSA) is 111 Å². The second-order valence-electron chi connectivity index (χ2n) is 10.3. The average molecular weight is 542 g/mol. The molecular formula is C32H27N7O2. The highest BCUT2D eigenvalue weighted by atomic mass is 16.3. The molecule has 9 heteroatoms. The van der Waals surface area contributed by atoms with Gasteiger partial charge in [-0.3, -0.25) is 0 Å². The number of benzene rings is 3. The molecule has 0 saturated heterocycles. The van der Waals surface area contributed by atoms with Crippen molar-refractivity contribution in [3.05, 3.63) is 113 Å². The van der Waals surface area contributed by atoms with Gasteiger partial charge in [0.2, 0.25) is 0 Å². The van der Waals surface area contributed by atoms with Gasteiger partial charge in [-0.1, -0.05) is 30.3 Å². The standard InChI is InChI=1S/C32H27N7O2/c1-18-11-13-22(16-19(18)2)34-30-32-36-31-28(20(3)37-39(31)27-10-6-7-15-33-27)29(21-12-14-25(40)26(41)17-21)38(32)24-9-5-4-8-23(24)35-30/h4-17,29,40-41H,1-3H3,(H,34,35). The van der Waals surface area contributed by atoms with Gasteiger partial charge >= 0.3 is 0 Å². The van der Waals surface area contributed by atoms with Crippen LogP contribution >= 0.6 is 0 Å². The fourth-order valence-corrected chi connectivity index (χ4v) is 5.42. The molecule has 3 N–H and O–H groups in total. The van der Waals surface area contributed by atoms with E-state index >= 15 is 0 Å². The second-order valence-corrected chi connectivity index (χ2v) is 10.3. The third-order valence-electron chi connectivity index (χ3n) is 7.59. The summed E-state index contributed by atoms with van der Waals surface area (Å²) in [5.41, 5.74) is 7.32. The summed E-state index contributed by atoms with van der Waals surface area (Å²) in [4.78, 5) is 16.9. The number of aromatic hydroxyl groups is 2. The molecule has 0 bridgehead atoms. The molecule has 0 amide bonds. The lowest BCUT2D eigenvalue weighted by Crippen LogP contribution is -2.46. The number of amidine groups is 2. The summed E-state index contributed by atoms with van der Waals surface area (Å²) in [5, 5.41) is 29.1. The number of aryl methyl sites for hydroxylation is 3. The molecule has 41 heavy (non-hydrogen) atoms. The highest BCUT2D eigenvalue weighted by Crippen LogP contribution is 2.49. The molecule has 2 aliphatic heterocycles. The molecule has 2 aromatic heterocycles. The molecule has 0 aliphatic carbocycles. The Hall–Kier alpha value is -5.44. The lowest BCUT2D eigenvalue weighted by atomic mass is 9.93. The van der Waals surface area contributed by atoms with E-state index in [1.54, 1.807) is 16.9 Å². The van der Waals surface area contributed by atoms with Crippen LogP contribution in [0.3, 0.4) is 0 Å². The normalized spacial score (nSPS) is 15.4. The van der Waals surface area contributed by atoms with Crippen molar-refractivity contribution in [1.29, 1.82) is 0 Å². The van der Waals surface area contributed by atoms with Crippen LogP contribution in [0.25, 0.3) is 5.82 Å². The monoisotopic (exact) mass is 541 g/mol. The molecule has 0 saturated carbocycles. The van der Waals surface area contributed by atoms with Crippen molar-refractivity contribution in [2.24, 2.45) is 9.98 Å². The lowest BCUT2D eigenvalue weighted by Gasteiger charge is -2.40. The third-order valence-corrected chi connectivity index (χ3v) is 7.59. The van der Waals surface area contributed by atoms with Crippen molar-refractivity contribution in [3.8, 4) is 17.3 Å². The van der Waals surface area contributed by atoms with Crippen LogP contribution in [-0.4, -0.2) is 36.6 Å². The number of nitrogens with zero attached hydrogens (tertiary/aromatic N) is 6. The molecule has 7 rings (SSSR count). The van der Waals surface area contributed by atoms with Crippen LogP contribution in [0.2, 0.25) is 0 Å². The van der Waals surface area contributed by atoms with E-state index in [0.717, 1.165) is 39.4 Å².